The lowest BCUT2D eigenvalue weighted by Gasteiger charge is -1.97. The Morgan fingerprint density at radius 2 is 1.85 bits per heavy atom. The Kier molecular flexibility index (Phi) is 2.41. The van der Waals surface area contributed by atoms with Crippen molar-refractivity contribution in [3.05, 3.63) is 48.2 Å². The normalized spacial score (nSPS) is 10.2. The summed E-state index contributed by atoms with van der Waals surface area (Å²) in [4.78, 5) is 1.21. The maximum atomic E-state index is 5.33. The molecule has 1 aromatic carbocycles. The second-order valence-corrected chi connectivity index (χ2v) is 3.85. The molecule has 0 fully saturated rings. The molecule has 0 aliphatic rings. The van der Waals surface area contributed by atoms with Gasteiger partial charge < -0.3 is 4.42 Å². The third-order valence-corrected chi connectivity index (χ3v) is 2.88. The van der Waals surface area contributed by atoms with Gasteiger partial charge in [0.2, 0.25) is 0 Å². The fourth-order valence-electron chi connectivity index (χ4n) is 1.06. The number of furan rings is 1. The van der Waals surface area contributed by atoms with Gasteiger partial charge in [-0.2, -0.15) is 0 Å². The summed E-state index contributed by atoms with van der Waals surface area (Å²) in [5.41, 5.74) is 1.19. The van der Waals surface area contributed by atoms with Crippen LogP contribution in [0.3, 0.4) is 0 Å². The number of hydrogen-bond acceptors (Lipinski definition) is 2. The predicted octanol–water partition coefficient (Wildman–Crippen LogP) is 3.74. The van der Waals surface area contributed by atoms with Crippen LogP contribution in [0.4, 0.5) is 0 Å². The van der Waals surface area contributed by atoms with E-state index in [0.29, 0.717) is 0 Å². The van der Waals surface area contributed by atoms with Crippen LogP contribution in [-0.2, 0) is 0 Å². The van der Waals surface area contributed by atoms with Crippen molar-refractivity contribution in [3.8, 4) is 0 Å². The second-order valence-electron chi connectivity index (χ2n) is 2.81. The lowest BCUT2D eigenvalue weighted by Crippen LogP contribution is -1.71. The summed E-state index contributed by atoms with van der Waals surface area (Å²) in [6.07, 6.45) is 1.72. The Morgan fingerprint density at radius 1 is 1.08 bits per heavy atom. The van der Waals surface area contributed by atoms with Gasteiger partial charge in [-0.25, -0.2) is 0 Å². The van der Waals surface area contributed by atoms with Gasteiger partial charge in [0, 0.05) is 10.5 Å². The third-order valence-electron chi connectivity index (χ3n) is 1.77. The molecule has 0 radical (unpaired) electrons. The minimum Gasteiger partial charge on any atom is -0.458 e. The Bertz CT molecular complexity index is 378. The Balaban J connectivity index is 2.20. The molecule has 0 aliphatic heterocycles. The summed E-state index contributed by atoms with van der Waals surface area (Å²) in [5, 5.41) is 0.978. The fraction of sp³-hybridized carbons (Fsp3) is 0.0909. The van der Waals surface area contributed by atoms with E-state index in [1.165, 1.54) is 10.5 Å². The van der Waals surface area contributed by atoms with Crippen LogP contribution in [0.5, 0.6) is 0 Å². The van der Waals surface area contributed by atoms with Crippen LogP contribution in [0.15, 0.2) is 57.1 Å². The standard InChI is InChI=1S/C11H10OS/c1-9-7-8-12-11(9)13-10-5-3-2-4-6-10/h2-8H,1H3. The van der Waals surface area contributed by atoms with Crippen molar-refractivity contribution < 1.29 is 4.42 Å². The highest BCUT2D eigenvalue weighted by molar-refractivity contribution is 7.99. The van der Waals surface area contributed by atoms with E-state index in [4.69, 9.17) is 4.42 Å². The van der Waals surface area contributed by atoms with E-state index in [1.807, 2.05) is 24.3 Å². The smallest absolute Gasteiger partial charge is 0.167 e. The quantitative estimate of drug-likeness (QED) is 0.715. The van der Waals surface area contributed by atoms with Crippen LogP contribution in [0, 0.1) is 6.92 Å². The van der Waals surface area contributed by atoms with Gasteiger partial charge in [0.25, 0.3) is 0 Å². The first-order chi connectivity index (χ1) is 6.36. The van der Waals surface area contributed by atoms with Gasteiger partial charge in [-0.15, -0.1) is 0 Å². The predicted molar refractivity (Wildman–Crippen MR) is 54.0 cm³/mol. The van der Waals surface area contributed by atoms with E-state index < -0.39 is 0 Å². The minimum atomic E-state index is 0.978. The van der Waals surface area contributed by atoms with E-state index >= 15 is 0 Å². The molecule has 0 bridgehead atoms. The van der Waals surface area contributed by atoms with Crippen molar-refractivity contribution in [1.82, 2.24) is 0 Å². The molecule has 1 nitrogen and oxygen atoms in total. The zero-order valence-corrected chi connectivity index (χ0v) is 8.17. The third kappa shape index (κ3) is 1.95. The highest BCUT2D eigenvalue weighted by Gasteiger charge is 2.02. The Hall–Kier alpha value is -1.15. The molecule has 0 amide bonds. The van der Waals surface area contributed by atoms with Crippen molar-refractivity contribution in [1.29, 1.82) is 0 Å². The molecule has 13 heavy (non-hydrogen) atoms. The van der Waals surface area contributed by atoms with Crippen LogP contribution in [0.2, 0.25) is 0 Å². The van der Waals surface area contributed by atoms with Crippen LogP contribution >= 0.6 is 11.8 Å². The van der Waals surface area contributed by atoms with Crippen LogP contribution < -0.4 is 0 Å². The summed E-state index contributed by atoms with van der Waals surface area (Å²) in [6, 6.07) is 12.2. The summed E-state index contributed by atoms with van der Waals surface area (Å²) < 4.78 is 5.33. The highest BCUT2D eigenvalue weighted by atomic mass is 32.2. The first kappa shape index (κ1) is 8.45. The number of benzene rings is 1. The van der Waals surface area contributed by atoms with E-state index in [2.05, 4.69) is 19.1 Å². The molecule has 0 saturated carbocycles. The van der Waals surface area contributed by atoms with Crippen molar-refractivity contribution in [2.45, 2.75) is 16.9 Å². The molecule has 0 unspecified atom stereocenters. The zero-order chi connectivity index (χ0) is 9.10. The first-order valence-electron chi connectivity index (χ1n) is 4.13. The van der Waals surface area contributed by atoms with E-state index in [-0.39, 0.29) is 0 Å². The van der Waals surface area contributed by atoms with Crippen LogP contribution in [-0.4, -0.2) is 0 Å². The molecule has 0 spiro atoms. The first-order valence-corrected chi connectivity index (χ1v) is 4.95. The number of rotatable bonds is 2. The summed E-state index contributed by atoms with van der Waals surface area (Å²) >= 11 is 1.65. The second kappa shape index (κ2) is 3.71. The van der Waals surface area contributed by atoms with Crippen LogP contribution in [0.1, 0.15) is 5.56 Å². The fourth-order valence-corrected chi connectivity index (χ4v) is 1.90. The van der Waals surface area contributed by atoms with Crippen molar-refractivity contribution in [2.24, 2.45) is 0 Å². The molecule has 0 saturated heterocycles. The molecule has 2 heteroatoms. The van der Waals surface area contributed by atoms with Gasteiger partial charge in [0.15, 0.2) is 5.09 Å². The van der Waals surface area contributed by atoms with Crippen molar-refractivity contribution in [2.75, 3.05) is 0 Å². The van der Waals surface area contributed by atoms with Gasteiger partial charge in [-0.1, -0.05) is 30.0 Å². The lowest BCUT2D eigenvalue weighted by molar-refractivity contribution is 0.471. The molecule has 0 aliphatic carbocycles. The summed E-state index contributed by atoms with van der Waals surface area (Å²) in [5.74, 6) is 0. The molecule has 2 aromatic rings. The average Bonchev–Trinajstić information content (AvgIpc) is 2.54. The SMILES string of the molecule is Cc1ccoc1Sc1ccccc1. The molecule has 66 valence electrons. The number of aryl methyl sites for hydroxylation is 1. The molecule has 1 heterocycles. The summed E-state index contributed by atoms with van der Waals surface area (Å²) in [7, 11) is 0. The average molecular weight is 190 g/mol. The largest absolute Gasteiger partial charge is 0.458 e. The Morgan fingerprint density at radius 3 is 2.46 bits per heavy atom. The monoisotopic (exact) mass is 190 g/mol. The molecule has 2 rings (SSSR count). The van der Waals surface area contributed by atoms with E-state index in [1.54, 1.807) is 18.0 Å². The maximum Gasteiger partial charge on any atom is 0.167 e. The van der Waals surface area contributed by atoms with Crippen LogP contribution in [0.25, 0.3) is 0 Å². The molecule has 1 aromatic heterocycles. The molecular formula is C11H10OS. The van der Waals surface area contributed by atoms with Gasteiger partial charge in [-0.05, 0) is 25.1 Å². The molecular weight excluding hydrogens is 180 g/mol. The van der Waals surface area contributed by atoms with E-state index in [0.717, 1.165) is 5.09 Å². The van der Waals surface area contributed by atoms with E-state index in [9.17, 15) is 0 Å². The molecule has 0 atom stereocenters. The van der Waals surface area contributed by atoms with Gasteiger partial charge >= 0.3 is 0 Å². The summed E-state index contributed by atoms with van der Waals surface area (Å²) in [6.45, 7) is 2.05. The molecule has 0 N–H and O–H groups in total. The minimum absolute atomic E-state index is 0.978. The number of hydrogen-bond donors (Lipinski definition) is 0. The Labute approximate surface area is 81.8 Å². The topological polar surface area (TPSA) is 13.1 Å². The van der Waals surface area contributed by atoms with Gasteiger partial charge in [0.05, 0.1) is 6.26 Å². The van der Waals surface area contributed by atoms with Crippen molar-refractivity contribution >= 4 is 11.8 Å². The van der Waals surface area contributed by atoms with Gasteiger partial charge in [-0.3, -0.25) is 0 Å². The zero-order valence-electron chi connectivity index (χ0n) is 7.36. The highest BCUT2D eigenvalue weighted by Crippen LogP contribution is 2.30. The van der Waals surface area contributed by atoms with Crippen molar-refractivity contribution in [3.63, 3.8) is 0 Å². The lowest BCUT2D eigenvalue weighted by atomic mass is 10.4. The van der Waals surface area contributed by atoms with Gasteiger partial charge in [0.1, 0.15) is 0 Å². The maximum absolute atomic E-state index is 5.33.